The van der Waals surface area contributed by atoms with Gasteiger partial charge in [0.2, 0.25) is 0 Å². The van der Waals surface area contributed by atoms with Gasteiger partial charge in [0.15, 0.2) is 5.69 Å². The Morgan fingerprint density at radius 2 is 1.44 bits per heavy atom. The number of hydrogen-bond acceptors (Lipinski definition) is 4. The molecule has 2 aromatic carbocycles. The highest BCUT2D eigenvalue weighted by Crippen LogP contribution is 2.31. The maximum absolute atomic E-state index is 6.82. The number of fused-ring (bicyclic) bond motifs is 2. The van der Waals surface area contributed by atoms with E-state index >= 15 is 0 Å². The molecule has 2 aliphatic heterocycles. The summed E-state index contributed by atoms with van der Waals surface area (Å²) < 4.78 is 11.8. The molecule has 2 heterocycles. The zero-order valence-electron chi connectivity index (χ0n) is 12.4. The van der Waals surface area contributed by atoms with Crippen molar-refractivity contribution in [1.82, 2.24) is 0 Å². The summed E-state index contributed by atoms with van der Waals surface area (Å²) in [6.45, 7) is 9.98. The Balaban J connectivity index is 0.000000232. The van der Waals surface area contributed by atoms with Crippen LogP contribution < -0.4 is 20.1 Å². The molecule has 0 radical (unpaired) electrons. The lowest BCUT2D eigenvalue weighted by Gasteiger charge is -2.18. The lowest BCUT2D eigenvalue weighted by Crippen LogP contribution is -2.17. The molecule has 0 saturated heterocycles. The fourth-order valence-corrected chi connectivity index (χ4v) is 2.67. The smallest absolute Gasteiger partial charge is 0.189 e. The van der Waals surface area contributed by atoms with Crippen molar-refractivity contribution in [2.24, 2.45) is 0 Å². The van der Waals surface area contributed by atoms with E-state index in [1.165, 1.54) is 0 Å². The average Bonchev–Trinajstić information content (AvgIpc) is 2.61. The molecule has 0 amide bonds. The monoisotopic (exact) mass is 405 g/mol. The van der Waals surface area contributed by atoms with Gasteiger partial charge in [0, 0.05) is 17.6 Å². The van der Waals surface area contributed by atoms with Crippen LogP contribution in [0.3, 0.4) is 0 Å². The molecule has 5 nitrogen and oxygen atoms in total. The molecular weight excluding hydrogens is 382 g/mol. The van der Waals surface area contributed by atoms with Crippen molar-refractivity contribution >= 4 is 33.0 Å². The molecule has 6 heteroatoms. The zero-order valence-corrected chi connectivity index (χ0v) is 14.0. The van der Waals surface area contributed by atoms with Crippen LogP contribution in [-0.4, -0.2) is 26.3 Å². The summed E-state index contributed by atoms with van der Waals surface area (Å²) in [5.74, 6) is 1.79. The number of rotatable bonds is 0. The first kappa shape index (κ1) is 20.7. The second-order valence-electron chi connectivity index (χ2n) is 4.98. The largest absolute Gasteiger partial charge is 0.490 e. The average molecular weight is 406 g/mol. The summed E-state index contributed by atoms with van der Waals surface area (Å²) in [4.78, 5) is 3.33. The topological polar surface area (TPSA) is 46.9 Å². The molecular formula is C19H24BrN3O2. The highest BCUT2D eigenvalue weighted by molar-refractivity contribution is 9.10. The van der Waals surface area contributed by atoms with E-state index in [-0.39, 0.29) is 14.9 Å². The molecule has 0 unspecified atom stereocenters. The summed E-state index contributed by atoms with van der Waals surface area (Å²) >= 11 is 3.39. The Kier molecular flexibility index (Phi) is 8.09. The van der Waals surface area contributed by atoms with Gasteiger partial charge in [-0.05, 0) is 30.3 Å². The van der Waals surface area contributed by atoms with Gasteiger partial charge >= 0.3 is 0 Å². The molecule has 0 bridgehead atoms. The lowest BCUT2D eigenvalue weighted by molar-refractivity contribution is 0.323. The normalized spacial score (nSPS) is 13.0. The number of hydrogen-bond donors (Lipinski definition) is 2. The third-order valence-electron chi connectivity index (χ3n) is 3.38. The Hall–Kier alpha value is -2.39. The van der Waals surface area contributed by atoms with Gasteiger partial charge in [-0.15, -0.1) is 0 Å². The first-order valence-corrected chi connectivity index (χ1v) is 8.10. The van der Waals surface area contributed by atoms with Crippen LogP contribution >= 0.6 is 15.9 Å². The van der Waals surface area contributed by atoms with Crippen molar-refractivity contribution in [2.75, 3.05) is 36.9 Å². The van der Waals surface area contributed by atoms with E-state index in [4.69, 9.17) is 16.0 Å². The summed E-state index contributed by atoms with van der Waals surface area (Å²) in [6.07, 6.45) is 0. The SMILES string of the molecule is Brc1ccc2c(c1)NCCO2.C.C.[C-]#[N+]c1ccc2c(c1)NCCO2. The second-order valence-corrected chi connectivity index (χ2v) is 5.90. The fraction of sp³-hybridized carbons (Fsp3) is 0.316. The molecule has 0 atom stereocenters. The van der Waals surface area contributed by atoms with E-state index in [1.807, 2.05) is 30.3 Å². The van der Waals surface area contributed by atoms with E-state index in [0.717, 1.165) is 47.0 Å². The van der Waals surface area contributed by atoms with Crippen LogP contribution in [0.15, 0.2) is 40.9 Å². The third kappa shape index (κ3) is 5.30. The summed E-state index contributed by atoms with van der Waals surface area (Å²) in [7, 11) is 0. The van der Waals surface area contributed by atoms with Crippen molar-refractivity contribution in [3.8, 4) is 11.5 Å². The first-order chi connectivity index (χ1) is 11.3. The number of nitrogens with zero attached hydrogens (tertiary/aromatic N) is 1. The molecule has 0 aromatic heterocycles. The minimum absolute atomic E-state index is 0. The van der Waals surface area contributed by atoms with Crippen molar-refractivity contribution < 1.29 is 9.47 Å². The van der Waals surface area contributed by atoms with Crippen molar-refractivity contribution in [3.05, 3.63) is 52.3 Å². The molecule has 0 fully saturated rings. The van der Waals surface area contributed by atoms with Crippen LogP contribution in [0.1, 0.15) is 14.9 Å². The van der Waals surface area contributed by atoms with Crippen molar-refractivity contribution in [2.45, 2.75) is 14.9 Å². The van der Waals surface area contributed by atoms with Crippen LogP contribution in [0, 0.1) is 6.57 Å². The van der Waals surface area contributed by atoms with Gasteiger partial charge in [-0.25, -0.2) is 4.85 Å². The van der Waals surface area contributed by atoms with Gasteiger partial charge in [-0.1, -0.05) is 36.8 Å². The summed E-state index contributed by atoms with van der Waals surface area (Å²) in [5.41, 5.74) is 2.65. The molecule has 25 heavy (non-hydrogen) atoms. The number of nitrogens with one attached hydrogen (secondary N) is 2. The van der Waals surface area contributed by atoms with E-state index < -0.39 is 0 Å². The van der Waals surface area contributed by atoms with E-state index in [9.17, 15) is 0 Å². The second kappa shape index (κ2) is 9.80. The van der Waals surface area contributed by atoms with Gasteiger partial charge in [0.1, 0.15) is 24.7 Å². The van der Waals surface area contributed by atoms with Crippen LogP contribution in [0.4, 0.5) is 17.1 Å². The maximum atomic E-state index is 6.82. The van der Waals surface area contributed by atoms with Crippen LogP contribution in [0.2, 0.25) is 0 Å². The molecule has 2 aromatic rings. The molecule has 2 aliphatic rings. The molecule has 4 rings (SSSR count). The van der Waals surface area contributed by atoms with Gasteiger partial charge in [-0.2, -0.15) is 0 Å². The molecule has 2 N–H and O–H groups in total. The fourth-order valence-electron chi connectivity index (χ4n) is 2.31. The molecule has 134 valence electrons. The third-order valence-corrected chi connectivity index (χ3v) is 3.88. The Morgan fingerprint density at radius 3 is 2.04 bits per heavy atom. The maximum Gasteiger partial charge on any atom is 0.189 e. The number of anilines is 2. The lowest BCUT2D eigenvalue weighted by atomic mass is 10.2. The van der Waals surface area contributed by atoms with E-state index in [0.29, 0.717) is 12.3 Å². The number of ether oxygens (including phenoxy) is 2. The van der Waals surface area contributed by atoms with Crippen LogP contribution in [0.5, 0.6) is 11.5 Å². The van der Waals surface area contributed by atoms with E-state index in [1.54, 1.807) is 6.07 Å². The van der Waals surface area contributed by atoms with Crippen molar-refractivity contribution in [1.29, 1.82) is 0 Å². The van der Waals surface area contributed by atoms with Gasteiger partial charge in [0.25, 0.3) is 0 Å². The highest BCUT2D eigenvalue weighted by atomic mass is 79.9. The quantitative estimate of drug-likeness (QED) is 0.562. The van der Waals surface area contributed by atoms with Crippen LogP contribution in [0.25, 0.3) is 4.85 Å². The van der Waals surface area contributed by atoms with E-state index in [2.05, 4.69) is 31.4 Å². The highest BCUT2D eigenvalue weighted by Gasteiger charge is 2.09. The standard InChI is InChI=1S/C9H8N2O.C8H8BrNO.2CH4/c1-10-7-2-3-9-8(6-7)11-4-5-12-9;9-6-1-2-8-7(5-6)10-3-4-11-8;;/h2-3,6,11H,4-5H2;1-2,5,10H,3-4H2;2*1H4. The summed E-state index contributed by atoms with van der Waals surface area (Å²) in [5, 5.41) is 6.42. The Morgan fingerprint density at radius 1 is 0.880 bits per heavy atom. The Labute approximate surface area is 158 Å². The van der Waals surface area contributed by atoms with Crippen molar-refractivity contribution in [3.63, 3.8) is 0 Å². The minimum Gasteiger partial charge on any atom is -0.490 e. The van der Waals surface area contributed by atoms with Gasteiger partial charge in [0.05, 0.1) is 17.9 Å². The van der Waals surface area contributed by atoms with Crippen LogP contribution in [-0.2, 0) is 0 Å². The molecule has 0 aliphatic carbocycles. The van der Waals surface area contributed by atoms with Gasteiger partial charge in [-0.3, -0.25) is 0 Å². The molecule has 0 saturated carbocycles. The summed E-state index contributed by atoms with van der Waals surface area (Å²) in [6, 6.07) is 11.4. The Bertz CT molecular complexity index is 744. The number of benzene rings is 2. The predicted molar refractivity (Wildman–Crippen MR) is 108 cm³/mol. The minimum atomic E-state index is 0. The molecule has 0 spiro atoms. The van der Waals surface area contributed by atoms with Gasteiger partial charge < -0.3 is 20.1 Å². The zero-order chi connectivity index (χ0) is 16.1. The first-order valence-electron chi connectivity index (χ1n) is 7.30. The predicted octanol–water partition coefficient (Wildman–Crippen LogP) is 5.57. The number of halogens is 1.